The Balaban J connectivity index is 0.00000341. The molecule has 0 heterocycles. The van der Waals surface area contributed by atoms with Crippen LogP contribution in [0.25, 0.3) is 11.6 Å². The summed E-state index contributed by atoms with van der Waals surface area (Å²) < 4.78 is 13.8. The van der Waals surface area contributed by atoms with Gasteiger partial charge in [0.05, 0.1) is 0 Å². The van der Waals surface area contributed by atoms with Gasteiger partial charge in [-0.1, -0.05) is 72.8 Å². The molecule has 0 aromatic heterocycles. The van der Waals surface area contributed by atoms with Gasteiger partial charge in [-0.15, -0.1) is 12.4 Å². The maximum Gasteiger partial charge on any atom is 0.190 e. The van der Waals surface area contributed by atoms with E-state index in [-0.39, 0.29) is 18.2 Å². The second-order valence-corrected chi connectivity index (χ2v) is 7.65. The highest BCUT2D eigenvalue weighted by Gasteiger charge is 2.18. The van der Waals surface area contributed by atoms with E-state index in [1.54, 1.807) is 30.3 Å². The van der Waals surface area contributed by atoms with E-state index in [9.17, 15) is 9.18 Å². The van der Waals surface area contributed by atoms with Crippen LogP contribution in [-0.4, -0.2) is 24.3 Å². The molecule has 0 amide bonds. The van der Waals surface area contributed by atoms with E-state index in [0.717, 1.165) is 11.1 Å². The topological polar surface area (TPSA) is 20.3 Å². The van der Waals surface area contributed by atoms with Crippen molar-refractivity contribution in [3.05, 3.63) is 119 Å². The van der Waals surface area contributed by atoms with Crippen LogP contribution in [0.1, 0.15) is 16.7 Å². The third kappa shape index (κ3) is 7.18. The van der Waals surface area contributed by atoms with Gasteiger partial charge in [-0.25, -0.2) is 4.39 Å². The van der Waals surface area contributed by atoms with Crippen LogP contribution in [0.3, 0.4) is 0 Å². The number of halogens is 3. The molecule has 0 aliphatic heterocycles. The molecular weight excluding hydrogens is 432 g/mol. The van der Waals surface area contributed by atoms with Crippen molar-refractivity contribution in [2.45, 2.75) is 6.54 Å². The molecule has 0 saturated carbocycles. The quantitative estimate of drug-likeness (QED) is 0.278. The number of carbonyl (C=O) groups is 1. The Morgan fingerprint density at radius 1 is 1.03 bits per heavy atom. The monoisotopic (exact) mass is 455 g/mol. The molecule has 0 unspecified atom stereocenters. The number of allylic oxidation sites excluding steroid dienone is 1. The average molecular weight is 456 g/mol. The Morgan fingerprint density at radius 2 is 1.71 bits per heavy atom. The minimum absolute atomic E-state index is 0. The standard InChI is InChI=1S/C26H23ClFNO.ClH/c1-19(17-29(2)18-21-7-4-3-5-8-21)26(30)25(22-9-6-10-24(28)16-22)15-20-11-13-23(27)14-12-20;/h3-16H,1,17-18H2,2H3;1H/b25-15+;. The number of benzene rings is 3. The van der Waals surface area contributed by atoms with Crippen molar-refractivity contribution in [1.82, 2.24) is 4.90 Å². The van der Waals surface area contributed by atoms with Crippen molar-refractivity contribution in [3.8, 4) is 0 Å². The Morgan fingerprint density at radius 3 is 2.35 bits per heavy atom. The normalized spacial score (nSPS) is 11.2. The number of Topliss-reactive ketones (excluding diaryl/α,β-unsaturated/α-hetero) is 1. The van der Waals surface area contributed by atoms with Crippen LogP contribution in [0.2, 0.25) is 5.02 Å². The Kier molecular flexibility index (Phi) is 9.20. The number of carbonyl (C=O) groups excluding carboxylic acids is 1. The van der Waals surface area contributed by atoms with Gasteiger partial charge < -0.3 is 0 Å². The summed E-state index contributed by atoms with van der Waals surface area (Å²) in [5.74, 6) is -0.607. The summed E-state index contributed by atoms with van der Waals surface area (Å²) in [7, 11) is 1.94. The van der Waals surface area contributed by atoms with Gasteiger partial charge >= 0.3 is 0 Å². The van der Waals surface area contributed by atoms with E-state index in [1.807, 2.05) is 54.4 Å². The van der Waals surface area contributed by atoms with Gasteiger partial charge in [-0.3, -0.25) is 9.69 Å². The minimum Gasteiger partial charge on any atom is -0.298 e. The number of hydrogen-bond acceptors (Lipinski definition) is 2. The molecule has 0 bridgehead atoms. The summed E-state index contributed by atoms with van der Waals surface area (Å²) in [5, 5.41) is 0.609. The molecule has 0 atom stereocenters. The molecule has 3 aromatic rings. The number of ketones is 1. The zero-order valence-corrected chi connectivity index (χ0v) is 18.8. The lowest BCUT2D eigenvalue weighted by Crippen LogP contribution is -2.23. The van der Waals surface area contributed by atoms with Crippen molar-refractivity contribution >= 4 is 41.4 Å². The second-order valence-electron chi connectivity index (χ2n) is 7.21. The van der Waals surface area contributed by atoms with Gasteiger partial charge in [0.2, 0.25) is 0 Å². The predicted molar refractivity (Wildman–Crippen MR) is 130 cm³/mol. The number of hydrogen-bond donors (Lipinski definition) is 0. The molecule has 5 heteroatoms. The zero-order chi connectivity index (χ0) is 21.5. The first kappa shape index (κ1) is 24.5. The van der Waals surface area contributed by atoms with Crippen LogP contribution in [0, 0.1) is 5.82 Å². The van der Waals surface area contributed by atoms with Crippen molar-refractivity contribution in [2.75, 3.05) is 13.6 Å². The van der Waals surface area contributed by atoms with Crippen LogP contribution in [0.5, 0.6) is 0 Å². The smallest absolute Gasteiger partial charge is 0.190 e. The summed E-state index contributed by atoms with van der Waals surface area (Å²) in [5.41, 5.74) is 3.31. The van der Waals surface area contributed by atoms with Gasteiger partial charge in [0.25, 0.3) is 0 Å². The molecule has 0 radical (unpaired) electrons. The highest BCUT2D eigenvalue weighted by Crippen LogP contribution is 2.24. The third-order valence-corrected chi connectivity index (χ3v) is 4.89. The molecule has 0 N–H and O–H groups in total. The fraction of sp³-hybridized carbons (Fsp3) is 0.115. The lowest BCUT2D eigenvalue weighted by atomic mass is 9.95. The van der Waals surface area contributed by atoms with Gasteiger partial charge in [0.15, 0.2) is 5.78 Å². The van der Waals surface area contributed by atoms with Crippen molar-refractivity contribution in [2.24, 2.45) is 0 Å². The van der Waals surface area contributed by atoms with E-state index in [4.69, 9.17) is 11.6 Å². The molecule has 0 fully saturated rings. The van der Waals surface area contributed by atoms with Crippen molar-refractivity contribution < 1.29 is 9.18 Å². The second kappa shape index (κ2) is 11.6. The molecule has 31 heavy (non-hydrogen) atoms. The average Bonchev–Trinajstić information content (AvgIpc) is 2.73. The number of nitrogens with zero attached hydrogens (tertiary/aromatic N) is 1. The molecule has 0 spiro atoms. The zero-order valence-electron chi connectivity index (χ0n) is 17.2. The minimum atomic E-state index is -0.394. The molecule has 3 rings (SSSR count). The SMILES string of the molecule is C=C(CN(C)Cc1ccccc1)C(=O)/C(=C/c1ccc(Cl)cc1)c1cccc(F)c1.Cl. The first-order valence-electron chi connectivity index (χ1n) is 9.60. The first-order chi connectivity index (χ1) is 14.4. The summed E-state index contributed by atoms with van der Waals surface area (Å²) in [6.07, 6.45) is 1.75. The third-order valence-electron chi connectivity index (χ3n) is 4.64. The molecule has 0 saturated heterocycles. The lowest BCUT2D eigenvalue weighted by molar-refractivity contribution is -0.110. The van der Waals surface area contributed by atoms with Crippen LogP contribution in [-0.2, 0) is 11.3 Å². The predicted octanol–water partition coefficient (Wildman–Crippen LogP) is 6.70. The number of rotatable bonds is 8. The summed E-state index contributed by atoms with van der Waals surface area (Å²) >= 11 is 5.97. The van der Waals surface area contributed by atoms with E-state index in [0.29, 0.717) is 34.8 Å². The van der Waals surface area contributed by atoms with Crippen molar-refractivity contribution in [3.63, 3.8) is 0 Å². The fourth-order valence-corrected chi connectivity index (χ4v) is 3.33. The summed E-state index contributed by atoms with van der Waals surface area (Å²) in [4.78, 5) is 15.3. The Hall–Kier alpha value is -2.72. The largest absolute Gasteiger partial charge is 0.298 e. The number of likely N-dealkylation sites (N-methyl/N-ethyl adjacent to an activating group) is 1. The van der Waals surface area contributed by atoms with E-state index < -0.39 is 5.82 Å². The molecule has 0 aliphatic carbocycles. The molecule has 2 nitrogen and oxygen atoms in total. The Labute approximate surface area is 194 Å². The molecule has 0 aliphatic rings. The van der Waals surface area contributed by atoms with Crippen LogP contribution >= 0.6 is 24.0 Å². The lowest BCUT2D eigenvalue weighted by Gasteiger charge is -2.18. The molecule has 3 aromatic carbocycles. The highest BCUT2D eigenvalue weighted by atomic mass is 35.5. The van der Waals surface area contributed by atoms with E-state index >= 15 is 0 Å². The Bertz CT molecular complexity index is 1060. The van der Waals surface area contributed by atoms with Crippen LogP contribution in [0.4, 0.5) is 4.39 Å². The van der Waals surface area contributed by atoms with E-state index in [2.05, 4.69) is 6.58 Å². The van der Waals surface area contributed by atoms with Gasteiger partial charge in [-0.05, 0) is 54.1 Å². The highest BCUT2D eigenvalue weighted by molar-refractivity contribution is 6.32. The molecular formula is C26H24Cl2FNO. The summed E-state index contributed by atoms with van der Waals surface area (Å²) in [6, 6.07) is 23.2. The van der Waals surface area contributed by atoms with E-state index in [1.165, 1.54) is 12.1 Å². The van der Waals surface area contributed by atoms with Gasteiger partial charge in [0, 0.05) is 29.3 Å². The summed E-state index contributed by atoms with van der Waals surface area (Å²) in [6.45, 7) is 5.12. The van der Waals surface area contributed by atoms with Crippen molar-refractivity contribution in [1.29, 1.82) is 0 Å². The van der Waals surface area contributed by atoms with Gasteiger partial charge in [0.1, 0.15) is 5.82 Å². The molecule has 160 valence electrons. The van der Waals surface area contributed by atoms with Crippen LogP contribution < -0.4 is 0 Å². The maximum atomic E-state index is 13.8. The van der Waals surface area contributed by atoms with Gasteiger partial charge in [-0.2, -0.15) is 0 Å². The maximum absolute atomic E-state index is 13.8. The fourth-order valence-electron chi connectivity index (χ4n) is 3.20. The van der Waals surface area contributed by atoms with Crippen LogP contribution in [0.15, 0.2) is 91.0 Å². The first-order valence-corrected chi connectivity index (χ1v) is 9.98.